The fourth-order valence-corrected chi connectivity index (χ4v) is 1.76. The van der Waals surface area contributed by atoms with Crippen LogP contribution in [0.15, 0.2) is 47.1 Å². The number of hydrogen-bond acceptors (Lipinski definition) is 3. The van der Waals surface area contributed by atoms with Crippen molar-refractivity contribution in [3.63, 3.8) is 0 Å². The van der Waals surface area contributed by atoms with Crippen LogP contribution < -0.4 is 5.73 Å². The minimum Gasteiger partial charge on any atom is -0.508 e. The average Bonchev–Trinajstić information content (AvgIpc) is 2.80. The number of phenolic OH excluding ortho intramolecular Hbond substituents is 1. The van der Waals surface area contributed by atoms with Crippen molar-refractivity contribution in [1.29, 1.82) is 0 Å². The third kappa shape index (κ3) is 2.44. The van der Waals surface area contributed by atoms with Gasteiger partial charge >= 0.3 is 0 Å². The van der Waals surface area contributed by atoms with Crippen molar-refractivity contribution >= 4 is 0 Å². The Balaban J connectivity index is 2.13. The van der Waals surface area contributed by atoms with Crippen molar-refractivity contribution < 1.29 is 9.52 Å². The van der Waals surface area contributed by atoms with Gasteiger partial charge in [0.2, 0.25) is 0 Å². The largest absolute Gasteiger partial charge is 0.508 e. The van der Waals surface area contributed by atoms with E-state index in [1.165, 1.54) is 0 Å². The molecule has 3 N–H and O–H groups in total. The first kappa shape index (κ1) is 10.8. The van der Waals surface area contributed by atoms with Crippen molar-refractivity contribution in [3.8, 4) is 5.75 Å². The van der Waals surface area contributed by atoms with E-state index in [0.717, 1.165) is 17.7 Å². The van der Waals surface area contributed by atoms with Crippen LogP contribution in [-0.2, 0) is 6.42 Å². The maximum absolute atomic E-state index is 9.22. The van der Waals surface area contributed by atoms with E-state index in [4.69, 9.17) is 10.2 Å². The van der Waals surface area contributed by atoms with Crippen molar-refractivity contribution in [3.05, 3.63) is 54.0 Å². The van der Waals surface area contributed by atoms with Crippen LogP contribution in [0.1, 0.15) is 17.2 Å². The summed E-state index contributed by atoms with van der Waals surface area (Å²) in [6, 6.07) is 11.0. The van der Waals surface area contributed by atoms with Crippen molar-refractivity contribution in [2.45, 2.75) is 12.3 Å². The quantitative estimate of drug-likeness (QED) is 0.825. The van der Waals surface area contributed by atoms with Gasteiger partial charge in [-0.25, -0.2) is 0 Å². The molecular weight excluding hydrogens is 202 g/mol. The van der Waals surface area contributed by atoms with Gasteiger partial charge in [-0.05, 0) is 36.4 Å². The summed E-state index contributed by atoms with van der Waals surface area (Å²) in [5, 5.41) is 9.22. The Labute approximate surface area is 94.5 Å². The maximum atomic E-state index is 9.22. The smallest absolute Gasteiger partial charge is 0.115 e. The zero-order valence-electron chi connectivity index (χ0n) is 8.97. The Hall–Kier alpha value is -1.74. The van der Waals surface area contributed by atoms with E-state index in [0.29, 0.717) is 6.54 Å². The van der Waals surface area contributed by atoms with Crippen molar-refractivity contribution in [1.82, 2.24) is 0 Å². The van der Waals surface area contributed by atoms with Crippen LogP contribution in [0, 0.1) is 0 Å². The molecule has 3 nitrogen and oxygen atoms in total. The van der Waals surface area contributed by atoms with Gasteiger partial charge in [0.25, 0.3) is 0 Å². The number of phenols is 1. The summed E-state index contributed by atoms with van der Waals surface area (Å²) in [5.41, 5.74) is 6.88. The van der Waals surface area contributed by atoms with Crippen LogP contribution in [0.4, 0.5) is 0 Å². The van der Waals surface area contributed by atoms with Crippen LogP contribution in [-0.4, -0.2) is 11.7 Å². The molecule has 0 fully saturated rings. The molecule has 1 unspecified atom stereocenters. The highest BCUT2D eigenvalue weighted by molar-refractivity contribution is 5.29. The molecule has 0 amide bonds. The lowest BCUT2D eigenvalue weighted by atomic mass is 9.95. The zero-order chi connectivity index (χ0) is 11.4. The molecule has 3 heteroatoms. The van der Waals surface area contributed by atoms with E-state index in [2.05, 4.69) is 0 Å². The minimum atomic E-state index is 0.228. The molecular formula is C13H15NO2. The molecule has 1 aromatic carbocycles. The van der Waals surface area contributed by atoms with Gasteiger partial charge in [-0.15, -0.1) is 0 Å². The number of hydrogen-bond donors (Lipinski definition) is 2. The molecule has 2 aromatic rings. The third-order valence-electron chi connectivity index (χ3n) is 2.68. The van der Waals surface area contributed by atoms with E-state index < -0.39 is 0 Å². The number of aromatic hydroxyl groups is 1. The Bertz CT molecular complexity index is 420. The molecule has 0 bridgehead atoms. The molecule has 1 atom stereocenters. The minimum absolute atomic E-state index is 0.228. The van der Waals surface area contributed by atoms with Crippen LogP contribution in [0.3, 0.4) is 0 Å². The van der Waals surface area contributed by atoms with Gasteiger partial charge in [-0.2, -0.15) is 0 Å². The second-order valence-electron chi connectivity index (χ2n) is 3.81. The molecule has 0 saturated heterocycles. The molecule has 0 aliphatic rings. The summed E-state index contributed by atoms with van der Waals surface area (Å²) in [4.78, 5) is 0. The zero-order valence-corrected chi connectivity index (χ0v) is 8.97. The first-order chi connectivity index (χ1) is 7.79. The normalized spacial score (nSPS) is 12.6. The maximum Gasteiger partial charge on any atom is 0.115 e. The second kappa shape index (κ2) is 4.86. The Morgan fingerprint density at radius 2 is 1.94 bits per heavy atom. The summed E-state index contributed by atoms with van der Waals surface area (Å²) < 4.78 is 5.31. The van der Waals surface area contributed by atoms with E-state index in [9.17, 15) is 5.11 Å². The number of rotatable bonds is 4. The lowest BCUT2D eigenvalue weighted by Crippen LogP contribution is -2.14. The lowest BCUT2D eigenvalue weighted by Gasteiger charge is -2.13. The molecule has 0 aliphatic carbocycles. The summed E-state index contributed by atoms with van der Waals surface area (Å²) in [5.74, 6) is 1.44. The first-order valence-corrected chi connectivity index (χ1v) is 5.31. The van der Waals surface area contributed by atoms with E-state index in [1.54, 1.807) is 18.4 Å². The molecule has 0 spiro atoms. The predicted octanol–water partition coefficient (Wildman–Crippen LogP) is 2.27. The number of furan rings is 1. The van der Waals surface area contributed by atoms with Crippen LogP contribution in [0.5, 0.6) is 5.75 Å². The Morgan fingerprint density at radius 3 is 2.50 bits per heavy atom. The summed E-state index contributed by atoms with van der Waals surface area (Å²) in [6.07, 6.45) is 2.45. The molecule has 16 heavy (non-hydrogen) atoms. The second-order valence-corrected chi connectivity index (χ2v) is 3.81. The van der Waals surface area contributed by atoms with Crippen molar-refractivity contribution in [2.75, 3.05) is 6.54 Å². The Kier molecular flexibility index (Phi) is 3.27. The monoisotopic (exact) mass is 217 g/mol. The molecule has 0 radical (unpaired) electrons. The van der Waals surface area contributed by atoms with Gasteiger partial charge in [-0.3, -0.25) is 0 Å². The first-order valence-electron chi connectivity index (χ1n) is 5.31. The van der Waals surface area contributed by atoms with Crippen LogP contribution in [0.25, 0.3) is 0 Å². The van der Waals surface area contributed by atoms with Gasteiger partial charge in [0.15, 0.2) is 0 Å². The topological polar surface area (TPSA) is 59.4 Å². The highest BCUT2D eigenvalue weighted by Crippen LogP contribution is 2.22. The summed E-state index contributed by atoms with van der Waals surface area (Å²) >= 11 is 0. The molecule has 0 saturated carbocycles. The van der Waals surface area contributed by atoms with Gasteiger partial charge in [0.05, 0.1) is 6.26 Å². The van der Waals surface area contributed by atoms with Gasteiger partial charge in [0, 0.05) is 12.3 Å². The SMILES string of the molecule is NCC(Cc1ccco1)c1ccc(O)cc1. The van der Waals surface area contributed by atoms with Crippen LogP contribution >= 0.6 is 0 Å². The number of benzene rings is 1. The highest BCUT2D eigenvalue weighted by Gasteiger charge is 2.12. The van der Waals surface area contributed by atoms with Gasteiger partial charge in [-0.1, -0.05) is 12.1 Å². The standard InChI is InChI=1S/C13H15NO2/c14-9-11(8-13-2-1-7-16-13)10-3-5-12(15)6-4-10/h1-7,11,15H,8-9,14H2. The number of nitrogens with two attached hydrogens (primary N) is 1. The summed E-state index contributed by atoms with van der Waals surface area (Å²) in [6.45, 7) is 0.561. The van der Waals surface area contributed by atoms with Gasteiger partial charge in [0.1, 0.15) is 11.5 Å². The fraction of sp³-hybridized carbons (Fsp3) is 0.231. The van der Waals surface area contributed by atoms with Crippen LogP contribution in [0.2, 0.25) is 0 Å². The Morgan fingerprint density at radius 1 is 1.19 bits per heavy atom. The molecule has 1 aromatic heterocycles. The van der Waals surface area contributed by atoms with Gasteiger partial charge < -0.3 is 15.3 Å². The molecule has 0 aliphatic heterocycles. The fourth-order valence-electron chi connectivity index (χ4n) is 1.76. The highest BCUT2D eigenvalue weighted by atomic mass is 16.3. The summed E-state index contributed by atoms with van der Waals surface area (Å²) in [7, 11) is 0. The van der Waals surface area contributed by atoms with Crippen molar-refractivity contribution in [2.24, 2.45) is 5.73 Å². The molecule has 1 heterocycles. The van der Waals surface area contributed by atoms with E-state index in [-0.39, 0.29) is 11.7 Å². The molecule has 84 valence electrons. The predicted molar refractivity (Wildman–Crippen MR) is 62.3 cm³/mol. The third-order valence-corrected chi connectivity index (χ3v) is 2.68. The van der Waals surface area contributed by atoms with E-state index in [1.807, 2.05) is 24.3 Å². The lowest BCUT2D eigenvalue weighted by molar-refractivity contribution is 0.473. The average molecular weight is 217 g/mol. The molecule has 2 rings (SSSR count). The van der Waals surface area contributed by atoms with E-state index >= 15 is 0 Å².